The smallest absolute Gasteiger partial charge is 0.186 e. The van der Waals surface area contributed by atoms with E-state index in [1.807, 2.05) is 0 Å². The van der Waals surface area contributed by atoms with Gasteiger partial charge in [0.25, 0.3) is 0 Å². The molecule has 0 radical (unpaired) electrons. The third-order valence-electron chi connectivity index (χ3n) is 6.13. The fourth-order valence-electron chi connectivity index (χ4n) is 4.32. The van der Waals surface area contributed by atoms with Gasteiger partial charge >= 0.3 is 0 Å². The van der Waals surface area contributed by atoms with E-state index in [0.717, 1.165) is 13.2 Å². The van der Waals surface area contributed by atoms with E-state index in [-0.39, 0.29) is 0 Å². The minimum Gasteiger partial charge on any atom is -0.418 e. The fraction of sp³-hybridized carbons (Fsp3) is 1.00. The van der Waals surface area contributed by atoms with Gasteiger partial charge in [0.1, 0.15) is 8.24 Å². The van der Waals surface area contributed by atoms with E-state index in [9.17, 15) is 0 Å². The van der Waals surface area contributed by atoms with Crippen LogP contribution in [0.2, 0.25) is 56.4 Å². The summed E-state index contributed by atoms with van der Waals surface area (Å²) in [5.74, 6) is 0. The average Bonchev–Trinajstić information content (AvgIpc) is 2.56. The van der Waals surface area contributed by atoms with E-state index in [4.69, 9.17) is 8.85 Å². The van der Waals surface area contributed by atoms with Gasteiger partial charge in [-0.2, -0.15) is 0 Å². The maximum atomic E-state index is 6.05. The van der Waals surface area contributed by atoms with Crippen LogP contribution < -0.4 is 0 Å². The molecule has 3 nitrogen and oxygen atoms in total. The highest BCUT2D eigenvalue weighted by Crippen LogP contribution is 2.27. The highest BCUT2D eigenvalue weighted by molar-refractivity contribution is 6.77. The molecule has 0 saturated heterocycles. The molecule has 0 saturated carbocycles. The third-order valence-corrected chi connectivity index (χ3v) is 17.1. The molecule has 0 N–H and O–H groups in total. The van der Waals surface area contributed by atoms with Crippen molar-refractivity contribution < 1.29 is 8.85 Å². The first kappa shape index (κ1) is 26.5. The first-order valence-electron chi connectivity index (χ1n) is 11.1. The molecule has 0 unspecified atom stereocenters. The van der Waals surface area contributed by atoms with Crippen molar-refractivity contribution in [2.75, 3.05) is 26.3 Å². The van der Waals surface area contributed by atoms with Crippen LogP contribution in [0.1, 0.15) is 47.5 Å². The van der Waals surface area contributed by atoms with Gasteiger partial charge in [0.2, 0.25) is 0 Å². The molecule has 0 aromatic carbocycles. The summed E-state index contributed by atoms with van der Waals surface area (Å²) in [7, 11) is -4.21. The van der Waals surface area contributed by atoms with Gasteiger partial charge in [0.15, 0.2) is 16.6 Å². The topological polar surface area (TPSA) is 21.7 Å². The molecule has 158 valence electrons. The second-order valence-electron chi connectivity index (χ2n) is 8.86. The lowest BCUT2D eigenvalue weighted by Crippen LogP contribution is -2.53. The van der Waals surface area contributed by atoms with E-state index in [0.29, 0.717) is 0 Å². The van der Waals surface area contributed by atoms with Crippen LogP contribution >= 0.6 is 0 Å². The van der Waals surface area contributed by atoms with Crippen LogP contribution in [0.15, 0.2) is 0 Å². The molecule has 0 aromatic rings. The largest absolute Gasteiger partial charge is 0.418 e. The SMILES string of the molecule is CCO[Si](C)(C)CCCN(CCC[Si](C)(C)OCC)[Si](CC)(CC)CC. The van der Waals surface area contributed by atoms with E-state index in [1.165, 1.54) is 56.2 Å². The van der Waals surface area contributed by atoms with Crippen LogP contribution in [0.3, 0.4) is 0 Å². The quantitative estimate of drug-likeness (QED) is 0.264. The van der Waals surface area contributed by atoms with Gasteiger partial charge in [0.05, 0.1) is 0 Å². The predicted octanol–water partition coefficient (Wildman–Crippen LogP) is 6.56. The lowest BCUT2D eigenvalue weighted by atomic mass is 10.4. The van der Waals surface area contributed by atoms with E-state index in [1.54, 1.807) is 0 Å². The standard InChI is InChI=1S/C20H49NO2Si3/c1-10-22-24(6,7)19-15-17-21(26(12-3,13-4)14-5)18-16-20-25(8,9)23-11-2/h10-20H2,1-9H3. The van der Waals surface area contributed by atoms with Crippen LogP contribution in [0, 0.1) is 0 Å². The lowest BCUT2D eigenvalue weighted by molar-refractivity contribution is 0.321. The molecule has 6 heteroatoms. The van der Waals surface area contributed by atoms with Gasteiger partial charge in [-0.15, -0.1) is 0 Å². The normalized spacial score (nSPS) is 13.6. The Bertz CT molecular complexity index is 329. The maximum Gasteiger partial charge on any atom is 0.186 e. The van der Waals surface area contributed by atoms with Crippen LogP contribution in [-0.4, -0.2) is 55.7 Å². The Kier molecular flexibility index (Phi) is 13.1. The first-order valence-corrected chi connectivity index (χ1v) is 19.9. The predicted molar refractivity (Wildman–Crippen MR) is 126 cm³/mol. The molecule has 0 spiro atoms. The van der Waals surface area contributed by atoms with E-state index in [2.05, 4.69) is 65.4 Å². The molecule has 0 heterocycles. The molecular formula is C20H49NO2Si3. The van der Waals surface area contributed by atoms with Crippen LogP contribution in [0.25, 0.3) is 0 Å². The lowest BCUT2D eigenvalue weighted by Gasteiger charge is -2.42. The Morgan fingerprint density at radius 1 is 0.615 bits per heavy atom. The second-order valence-corrected chi connectivity index (χ2v) is 22.7. The van der Waals surface area contributed by atoms with Gasteiger partial charge in [-0.3, -0.25) is 0 Å². The van der Waals surface area contributed by atoms with Gasteiger partial charge in [-0.1, -0.05) is 20.8 Å². The first-order chi connectivity index (χ1) is 12.1. The van der Waals surface area contributed by atoms with Gasteiger partial charge in [-0.25, -0.2) is 0 Å². The monoisotopic (exact) mass is 419 g/mol. The molecule has 0 aliphatic carbocycles. The number of rotatable bonds is 16. The molecule has 26 heavy (non-hydrogen) atoms. The van der Waals surface area contributed by atoms with Crippen molar-refractivity contribution in [1.82, 2.24) is 4.57 Å². The summed E-state index contributed by atoms with van der Waals surface area (Å²) in [5, 5.41) is 0. The number of hydrogen-bond donors (Lipinski definition) is 0. The van der Waals surface area contributed by atoms with Crippen LogP contribution in [-0.2, 0) is 8.85 Å². The summed E-state index contributed by atoms with van der Waals surface area (Å²) in [5.41, 5.74) is 0. The molecule has 0 aliphatic heterocycles. The molecular weight excluding hydrogens is 370 g/mol. The van der Waals surface area contributed by atoms with E-state index >= 15 is 0 Å². The summed E-state index contributed by atoms with van der Waals surface area (Å²) in [4.78, 5) is 0. The fourth-order valence-corrected chi connectivity index (χ4v) is 12.3. The van der Waals surface area contributed by atoms with Crippen molar-refractivity contribution in [2.24, 2.45) is 0 Å². The van der Waals surface area contributed by atoms with E-state index < -0.39 is 24.9 Å². The molecule has 0 rings (SSSR count). The maximum absolute atomic E-state index is 6.05. The minimum absolute atomic E-state index is 0.873. The molecule has 0 bridgehead atoms. The summed E-state index contributed by atoms with van der Waals surface area (Å²) in [6.45, 7) is 25.4. The highest BCUT2D eigenvalue weighted by Gasteiger charge is 2.35. The third kappa shape index (κ3) is 9.64. The summed E-state index contributed by atoms with van der Waals surface area (Å²) >= 11 is 0. The van der Waals surface area contributed by atoms with Crippen molar-refractivity contribution >= 4 is 24.9 Å². The Morgan fingerprint density at radius 3 is 1.23 bits per heavy atom. The summed E-state index contributed by atoms with van der Waals surface area (Å²) < 4.78 is 15.1. The number of nitrogens with zero attached hydrogens (tertiary/aromatic N) is 1. The van der Waals surface area contributed by atoms with Crippen molar-refractivity contribution in [3.63, 3.8) is 0 Å². The van der Waals surface area contributed by atoms with Gasteiger partial charge < -0.3 is 13.4 Å². The Morgan fingerprint density at radius 2 is 0.962 bits per heavy atom. The van der Waals surface area contributed by atoms with Crippen molar-refractivity contribution in [2.45, 2.75) is 104 Å². The Balaban J connectivity index is 4.86. The van der Waals surface area contributed by atoms with Crippen molar-refractivity contribution in [3.05, 3.63) is 0 Å². The van der Waals surface area contributed by atoms with Gasteiger partial charge in [0, 0.05) is 13.2 Å². The zero-order valence-corrected chi connectivity index (χ0v) is 22.5. The minimum atomic E-state index is -1.46. The number of hydrogen-bond acceptors (Lipinski definition) is 3. The Hall–Kier alpha value is 0.531. The van der Waals surface area contributed by atoms with Crippen LogP contribution in [0.5, 0.6) is 0 Å². The molecule has 0 atom stereocenters. The average molecular weight is 420 g/mol. The zero-order chi connectivity index (χ0) is 20.3. The Labute approximate surface area is 168 Å². The molecule has 0 fully saturated rings. The second kappa shape index (κ2) is 12.9. The molecule has 0 aliphatic rings. The summed E-state index contributed by atoms with van der Waals surface area (Å²) in [6, 6.07) is 6.74. The summed E-state index contributed by atoms with van der Waals surface area (Å²) in [6.07, 6.45) is 2.61. The zero-order valence-electron chi connectivity index (χ0n) is 19.5. The molecule has 0 aromatic heterocycles. The van der Waals surface area contributed by atoms with Crippen molar-refractivity contribution in [3.8, 4) is 0 Å². The van der Waals surface area contributed by atoms with Gasteiger partial charge in [-0.05, 0) is 96.2 Å². The molecule has 0 amide bonds. The highest BCUT2D eigenvalue weighted by atomic mass is 28.4. The van der Waals surface area contributed by atoms with Crippen molar-refractivity contribution in [1.29, 1.82) is 0 Å². The van der Waals surface area contributed by atoms with Crippen LogP contribution in [0.4, 0.5) is 0 Å².